The number of nitrogens with zero attached hydrogens (tertiary/aromatic N) is 1. The first-order valence-corrected chi connectivity index (χ1v) is 14.0. The molecule has 33 heavy (non-hydrogen) atoms. The Morgan fingerprint density at radius 1 is 1.00 bits per heavy atom. The van der Waals surface area contributed by atoms with E-state index in [0.717, 1.165) is 42.4 Å². The second-order valence-corrected chi connectivity index (χ2v) is 12.5. The minimum absolute atomic E-state index is 0.00328. The molecule has 2 aromatic carbocycles. The van der Waals surface area contributed by atoms with E-state index in [1.165, 1.54) is 31.2 Å². The van der Waals surface area contributed by atoms with Crippen LogP contribution in [0.2, 0.25) is 0 Å². The maximum absolute atomic E-state index is 13.8. The van der Waals surface area contributed by atoms with Crippen LogP contribution in [0.3, 0.4) is 0 Å². The summed E-state index contributed by atoms with van der Waals surface area (Å²) in [6.07, 6.45) is 13.6. The van der Waals surface area contributed by atoms with Crippen LogP contribution in [-0.2, 0) is 16.4 Å². The summed E-state index contributed by atoms with van der Waals surface area (Å²) in [5, 5.41) is 0. The number of carbonyl (C=O) groups is 1. The normalized spacial score (nSPS) is 23.2. The van der Waals surface area contributed by atoms with E-state index in [1.54, 1.807) is 6.07 Å². The van der Waals surface area contributed by atoms with E-state index in [4.69, 9.17) is 0 Å². The van der Waals surface area contributed by atoms with Crippen molar-refractivity contribution in [2.45, 2.75) is 67.7 Å². The van der Waals surface area contributed by atoms with Gasteiger partial charge in [-0.25, -0.2) is 8.93 Å². The molecule has 0 bridgehead atoms. The lowest BCUT2D eigenvalue weighted by molar-refractivity contribution is 0.0980. The van der Waals surface area contributed by atoms with Gasteiger partial charge in [-0.15, -0.1) is 0 Å². The van der Waals surface area contributed by atoms with E-state index < -0.39 is 11.0 Å². The molecule has 4 nitrogen and oxygen atoms in total. The highest BCUT2D eigenvalue weighted by Crippen LogP contribution is 2.62. The minimum Gasteiger partial charge on any atom is -0.307 e. The average molecular weight is 526 g/mol. The van der Waals surface area contributed by atoms with Crippen molar-refractivity contribution in [1.82, 2.24) is 4.72 Å². The van der Waals surface area contributed by atoms with E-state index in [-0.39, 0.29) is 17.4 Å². The molecular formula is C27H29BrN2O2S. The third kappa shape index (κ3) is 3.94. The molecule has 1 heterocycles. The number of amides is 1. The minimum atomic E-state index is -1.33. The fraction of sp³-hybridized carbons (Fsp3) is 0.444. The molecule has 0 aromatic heterocycles. The summed E-state index contributed by atoms with van der Waals surface area (Å²) in [7, 11) is -1.33. The molecule has 6 rings (SSSR count). The predicted molar refractivity (Wildman–Crippen MR) is 136 cm³/mol. The van der Waals surface area contributed by atoms with Gasteiger partial charge in [0.25, 0.3) is 5.91 Å². The van der Waals surface area contributed by atoms with Crippen molar-refractivity contribution in [2.24, 2.45) is 5.41 Å². The summed E-state index contributed by atoms with van der Waals surface area (Å²) in [4.78, 5) is 16.4. The van der Waals surface area contributed by atoms with Crippen molar-refractivity contribution >= 4 is 38.5 Å². The Morgan fingerprint density at radius 3 is 2.45 bits per heavy atom. The summed E-state index contributed by atoms with van der Waals surface area (Å²) in [6.45, 7) is 0.743. The number of halogens is 1. The summed E-state index contributed by atoms with van der Waals surface area (Å²) in [5.41, 5.74) is 3.62. The second kappa shape index (κ2) is 8.17. The van der Waals surface area contributed by atoms with Gasteiger partial charge < -0.3 is 4.90 Å². The first-order valence-electron chi connectivity index (χ1n) is 12.0. The molecule has 2 aromatic rings. The van der Waals surface area contributed by atoms with Crippen LogP contribution in [0.5, 0.6) is 0 Å². The van der Waals surface area contributed by atoms with Crippen molar-refractivity contribution in [3.05, 3.63) is 70.2 Å². The van der Waals surface area contributed by atoms with E-state index in [9.17, 15) is 9.00 Å². The van der Waals surface area contributed by atoms with Crippen LogP contribution in [0.25, 0.3) is 0 Å². The van der Waals surface area contributed by atoms with Crippen molar-refractivity contribution in [3.63, 3.8) is 0 Å². The Balaban J connectivity index is 1.27. The Kier molecular flexibility index (Phi) is 5.39. The highest BCUT2D eigenvalue weighted by atomic mass is 79.9. The number of carbonyl (C=O) groups excluding carboxylic acids is 1. The van der Waals surface area contributed by atoms with Gasteiger partial charge in [0, 0.05) is 33.7 Å². The molecule has 1 aliphatic heterocycles. The average Bonchev–Trinajstić information content (AvgIpc) is 3.26. The highest BCUT2D eigenvalue weighted by Gasteiger charge is 2.53. The van der Waals surface area contributed by atoms with Gasteiger partial charge in [0.1, 0.15) is 11.0 Å². The molecule has 1 atom stereocenters. The zero-order chi connectivity index (χ0) is 22.6. The lowest BCUT2D eigenvalue weighted by atomic mass is 9.66. The van der Waals surface area contributed by atoms with Crippen molar-refractivity contribution in [3.8, 4) is 0 Å². The second-order valence-electron chi connectivity index (χ2n) is 10.4. The lowest BCUT2D eigenvalue weighted by Crippen LogP contribution is -2.40. The molecule has 2 spiro atoms. The van der Waals surface area contributed by atoms with Crippen LogP contribution in [0.15, 0.2) is 64.0 Å². The van der Waals surface area contributed by atoms with Crippen LogP contribution in [0, 0.1) is 5.41 Å². The van der Waals surface area contributed by atoms with Crippen LogP contribution >= 0.6 is 15.9 Å². The maximum Gasteiger partial charge on any atom is 0.258 e. The molecule has 2 saturated carbocycles. The maximum atomic E-state index is 13.8. The van der Waals surface area contributed by atoms with Gasteiger partial charge in [0.15, 0.2) is 0 Å². The van der Waals surface area contributed by atoms with Gasteiger partial charge in [-0.1, -0.05) is 34.1 Å². The van der Waals surface area contributed by atoms with E-state index in [2.05, 4.69) is 44.9 Å². The van der Waals surface area contributed by atoms with Crippen molar-refractivity contribution < 1.29 is 9.00 Å². The number of anilines is 1. The largest absolute Gasteiger partial charge is 0.307 e. The summed E-state index contributed by atoms with van der Waals surface area (Å²) in [6, 6.07) is 13.9. The van der Waals surface area contributed by atoms with Gasteiger partial charge in [-0.3, -0.25) is 4.79 Å². The standard InChI is InChI=1S/C27H29BrN2O2S/c28-20-8-9-24-23(17-20)27(14-12-26(10-11-26)13-15-27)18-30(24)25(31)19-4-3-7-22(16-19)33(32)29-21-5-1-2-6-21/h1-4,7-9,16-17,21,29H,5-6,10-15,18H2. The zero-order valence-corrected chi connectivity index (χ0v) is 21.1. The van der Waals surface area contributed by atoms with Crippen molar-refractivity contribution in [1.29, 1.82) is 0 Å². The Labute approximate surface area is 206 Å². The van der Waals surface area contributed by atoms with Crippen LogP contribution in [-0.4, -0.2) is 22.7 Å². The van der Waals surface area contributed by atoms with Crippen molar-refractivity contribution in [2.75, 3.05) is 11.4 Å². The number of hydrogen-bond donors (Lipinski definition) is 1. The van der Waals surface area contributed by atoms with Gasteiger partial charge >= 0.3 is 0 Å². The number of fused-ring (bicyclic) bond motifs is 2. The van der Waals surface area contributed by atoms with Gasteiger partial charge in [0.05, 0.1) is 4.90 Å². The molecule has 3 aliphatic carbocycles. The number of rotatable bonds is 4. The topological polar surface area (TPSA) is 49.4 Å². The van der Waals surface area contributed by atoms with E-state index in [0.29, 0.717) is 15.9 Å². The number of nitrogens with one attached hydrogen (secondary N) is 1. The third-order valence-electron chi connectivity index (χ3n) is 8.33. The fourth-order valence-electron chi connectivity index (χ4n) is 6.02. The third-order valence-corrected chi connectivity index (χ3v) is 10.1. The van der Waals surface area contributed by atoms with E-state index in [1.807, 2.05) is 29.2 Å². The summed E-state index contributed by atoms with van der Waals surface area (Å²) >= 11 is 3.66. The SMILES string of the molecule is O=C(c1cccc(S(=O)NC2CC=CC2)c1)N1CC2(CCC3(CC3)CC2)c2cc(Br)ccc21. The molecule has 0 saturated heterocycles. The first-order chi connectivity index (χ1) is 16.0. The molecule has 0 radical (unpaired) electrons. The molecule has 1 amide bonds. The molecule has 1 N–H and O–H groups in total. The monoisotopic (exact) mass is 524 g/mol. The number of benzene rings is 2. The molecule has 4 aliphatic rings. The molecule has 6 heteroatoms. The van der Waals surface area contributed by atoms with Crippen LogP contribution in [0.4, 0.5) is 5.69 Å². The smallest absolute Gasteiger partial charge is 0.258 e. The highest BCUT2D eigenvalue weighted by molar-refractivity contribution is 9.10. The predicted octanol–water partition coefficient (Wildman–Crippen LogP) is 6.03. The first kappa shape index (κ1) is 21.8. The Morgan fingerprint density at radius 2 is 1.73 bits per heavy atom. The van der Waals surface area contributed by atoms with Crippen LogP contribution in [0.1, 0.15) is 67.3 Å². The molecule has 2 fully saturated rings. The summed E-state index contributed by atoms with van der Waals surface area (Å²) in [5.74, 6) is 0.00328. The zero-order valence-electron chi connectivity index (χ0n) is 18.7. The fourth-order valence-corrected chi connectivity index (χ4v) is 7.45. The quantitative estimate of drug-likeness (QED) is 0.496. The lowest BCUT2D eigenvalue weighted by Gasteiger charge is -2.38. The van der Waals surface area contributed by atoms with Gasteiger partial charge in [-0.05, 0) is 98.7 Å². The molecular weight excluding hydrogens is 496 g/mol. The van der Waals surface area contributed by atoms with Gasteiger partial charge in [0.2, 0.25) is 0 Å². The number of hydrogen-bond acceptors (Lipinski definition) is 2. The van der Waals surface area contributed by atoms with Crippen LogP contribution < -0.4 is 9.62 Å². The Bertz CT molecular complexity index is 1150. The molecule has 1 unspecified atom stereocenters. The summed E-state index contributed by atoms with van der Waals surface area (Å²) < 4.78 is 17.2. The van der Waals surface area contributed by atoms with Gasteiger partial charge in [-0.2, -0.15) is 0 Å². The Hall–Kier alpha value is -1.76. The molecule has 172 valence electrons. The van der Waals surface area contributed by atoms with E-state index >= 15 is 0 Å².